The lowest BCUT2D eigenvalue weighted by atomic mass is 9.89. The van der Waals surface area contributed by atoms with Crippen molar-refractivity contribution in [2.24, 2.45) is 0 Å². The van der Waals surface area contributed by atoms with Crippen LogP contribution < -0.4 is 10.1 Å². The summed E-state index contributed by atoms with van der Waals surface area (Å²) in [4.78, 5) is 14.9. The fraction of sp³-hybridized carbons (Fsp3) is 0.409. The van der Waals surface area contributed by atoms with Crippen LogP contribution in [0.4, 0.5) is 5.69 Å². The number of nitrogens with zero attached hydrogens (tertiary/aromatic N) is 1. The summed E-state index contributed by atoms with van der Waals surface area (Å²) in [5.41, 5.74) is 2.23. The van der Waals surface area contributed by atoms with Crippen molar-refractivity contribution in [3.63, 3.8) is 0 Å². The molecule has 0 saturated carbocycles. The number of nitrogens with one attached hydrogen (secondary N) is 1. The van der Waals surface area contributed by atoms with E-state index in [2.05, 4.69) is 40.5 Å². The lowest BCUT2D eigenvalue weighted by molar-refractivity contribution is -0.121. The van der Waals surface area contributed by atoms with Crippen LogP contribution in [-0.2, 0) is 4.79 Å². The molecule has 2 aromatic rings. The first-order valence-corrected chi connectivity index (χ1v) is 9.50. The summed E-state index contributed by atoms with van der Waals surface area (Å²) in [5, 5.41) is 3.02. The van der Waals surface area contributed by atoms with E-state index >= 15 is 0 Å². The van der Waals surface area contributed by atoms with Gasteiger partial charge in [0.25, 0.3) is 0 Å². The monoisotopic (exact) mass is 352 g/mol. The van der Waals surface area contributed by atoms with Crippen molar-refractivity contribution in [1.82, 2.24) is 4.90 Å². The Hall–Kier alpha value is -2.33. The van der Waals surface area contributed by atoms with E-state index in [1.807, 2.05) is 38.1 Å². The van der Waals surface area contributed by atoms with E-state index < -0.39 is 0 Å². The van der Waals surface area contributed by atoms with Crippen molar-refractivity contribution in [1.29, 1.82) is 0 Å². The molecule has 0 radical (unpaired) electrons. The largest absolute Gasteiger partial charge is 0.494 e. The van der Waals surface area contributed by atoms with Crippen molar-refractivity contribution in [3.05, 3.63) is 60.2 Å². The SMILES string of the molecule is CCOc1ccc(NC(=O)C(C)N2CCC(c3ccccc3)CC2)cc1. The molecule has 0 bridgehead atoms. The summed E-state index contributed by atoms with van der Waals surface area (Å²) in [6.45, 7) is 6.50. The molecule has 1 amide bonds. The number of likely N-dealkylation sites (tertiary alicyclic amines) is 1. The van der Waals surface area contributed by atoms with Crippen LogP contribution in [0.2, 0.25) is 0 Å². The average Bonchev–Trinajstić information content (AvgIpc) is 2.70. The lowest BCUT2D eigenvalue weighted by Crippen LogP contribution is -2.45. The fourth-order valence-electron chi connectivity index (χ4n) is 3.56. The van der Waals surface area contributed by atoms with Gasteiger partial charge in [0.1, 0.15) is 5.75 Å². The molecule has 1 N–H and O–H groups in total. The van der Waals surface area contributed by atoms with Gasteiger partial charge in [-0.25, -0.2) is 0 Å². The second-order valence-electron chi connectivity index (χ2n) is 6.84. The number of carbonyl (C=O) groups excluding carboxylic acids is 1. The number of ether oxygens (including phenoxy) is 1. The molecular weight excluding hydrogens is 324 g/mol. The molecule has 26 heavy (non-hydrogen) atoms. The van der Waals surface area contributed by atoms with Gasteiger partial charge >= 0.3 is 0 Å². The number of rotatable bonds is 6. The molecule has 2 aromatic carbocycles. The first-order valence-electron chi connectivity index (χ1n) is 9.50. The molecule has 0 aliphatic carbocycles. The van der Waals surface area contributed by atoms with Crippen molar-refractivity contribution in [3.8, 4) is 5.75 Å². The maximum Gasteiger partial charge on any atom is 0.241 e. The molecule has 1 fully saturated rings. The Morgan fingerprint density at radius 3 is 2.38 bits per heavy atom. The summed E-state index contributed by atoms with van der Waals surface area (Å²) < 4.78 is 5.43. The summed E-state index contributed by atoms with van der Waals surface area (Å²) in [6, 6.07) is 18.1. The normalized spacial score (nSPS) is 16.8. The highest BCUT2D eigenvalue weighted by atomic mass is 16.5. The molecule has 0 spiro atoms. The zero-order valence-electron chi connectivity index (χ0n) is 15.7. The van der Waals surface area contributed by atoms with Gasteiger partial charge in [0.15, 0.2) is 0 Å². The fourth-order valence-corrected chi connectivity index (χ4v) is 3.56. The Morgan fingerprint density at radius 1 is 1.12 bits per heavy atom. The van der Waals surface area contributed by atoms with Crippen LogP contribution in [0.25, 0.3) is 0 Å². The Balaban J connectivity index is 1.51. The van der Waals surface area contributed by atoms with E-state index in [1.54, 1.807) is 0 Å². The first-order chi connectivity index (χ1) is 12.7. The third kappa shape index (κ3) is 4.64. The number of anilines is 1. The Kier molecular flexibility index (Phi) is 6.29. The number of carbonyl (C=O) groups is 1. The van der Waals surface area contributed by atoms with Crippen molar-refractivity contribution in [2.75, 3.05) is 25.0 Å². The average molecular weight is 352 g/mol. The minimum absolute atomic E-state index is 0.0484. The predicted molar refractivity (Wildman–Crippen MR) is 106 cm³/mol. The van der Waals surface area contributed by atoms with Crippen LogP contribution in [0, 0.1) is 0 Å². The molecule has 138 valence electrons. The van der Waals surface area contributed by atoms with E-state index in [9.17, 15) is 4.79 Å². The highest BCUT2D eigenvalue weighted by Crippen LogP contribution is 2.28. The number of hydrogen-bond acceptors (Lipinski definition) is 3. The van der Waals surface area contributed by atoms with E-state index in [0.29, 0.717) is 12.5 Å². The van der Waals surface area contributed by atoms with Crippen LogP contribution in [0.3, 0.4) is 0 Å². The Labute approximate surface area is 156 Å². The molecule has 0 aromatic heterocycles. The molecule has 1 atom stereocenters. The number of hydrogen-bond donors (Lipinski definition) is 1. The van der Waals surface area contributed by atoms with Crippen LogP contribution in [0.15, 0.2) is 54.6 Å². The van der Waals surface area contributed by atoms with Crippen LogP contribution in [-0.4, -0.2) is 36.5 Å². The molecule has 1 heterocycles. The minimum Gasteiger partial charge on any atom is -0.494 e. The summed E-state index contributed by atoms with van der Waals surface area (Å²) in [5.74, 6) is 1.47. The van der Waals surface area contributed by atoms with Gasteiger partial charge in [-0.05, 0) is 75.5 Å². The molecule has 1 aliphatic rings. The number of piperidine rings is 1. The molecule has 1 aliphatic heterocycles. The highest BCUT2D eigenvalue weighted by molar-refractivity contribution is 5.94. The second-order valence-corrected chi connectivity index (χ2v) is 6.84. The maximum atomic E-state index is 12.6. The lowest BCUT2D eigenvalue weighted by Gasteiger charge is -2.35. The maximum absolute atomic E-state index is 12.6. The Bertz CT molecular complexity index is 692. The zero-order valence-corrected chi connectivity index (χ0v) is 15.7. The topological polar surface area (TPSA) is 41.6 Å². The van der Waals surface area contributed by atoms with Crippen molar-refractivity contribution >= 4 is 11.6 Å². The van der Waals surface area contributed by atoms with Gasteiger partial charge in [-0.2, -0.15) is 0 Å². The quantitative estimate of drug-likeness (QED) is 0.843. The summed E-state index contributed by atoms with van der Waals surface area (Å²) >= 11 is 0. The second kappa shape index (κ2) is 8.86. The van der Waals surface area contributed by atoms with Crippen molar-refractivity contribution in [2.45, 2.75) is 38.6 Å². The van der Waals surface area contributed by atoms with Crippen LogP contribution in [0.5, 0.6) is 5.75 Å². The van der Waals surface area contributed by atoms with E-state index in [1.165, 1.54) is 5.56 Å². The van der Waals surface area contributed by atoms with Gasteiger partial charge in [-0.15, -0.1) is 0 Å². The van der Waals surface area contributed by atoms with Gasteiger partial charge < -0.3 is 10.1 Å². The minimum atomic E-state index is -0.127. The van der Waals surface area contributed by atoms with E-state index in [0.717, 1.165) is 37.4 Å². The smallest absolute Gasteiger partial charge is 0.241 e. The van der Waals surface area contributed by atoms with Crippen molar-refractivity contribution < 1.29 is 9.53 Å². The third-order valence-electron chi connectivity index (χ3n) is 5.16. The molecule has 1 saturated heterocycles. The standard InChI is InChI=1S/C22H28N2O2/c1-3-26-21-11-9-20(10-12-21)23-22(25)17(2)24-15-13-19(14-16-24)18-7-5-4-6-8-18/h4-12,17,19H,3,13-16H2,1-2H3,(H,23,25). The van der Waals surface area contributed by atoms with Gasteiger partial charge in [-0.3, -0.25) is 9.69 Å². The van der Waals surface area contributed by atoms with E-state index in [4.69, 9.17) is 4.74 Å². The van der Waals surface area contributed by atoms with Crippen LogP contribution in [0.1, 0.15) is 38.2 Å². The van der Waals surface area contributed by atoms with Gasteiger partial charge in [-0.1, -0.05) is 30.3 Å². The molecular formula is C22H28N2O2. The predicted octanol–water partition coefficient (Wildman–Crippen LogP) is 4.29. The first kappa shape index (κ1) is 18.5. The van der Waals surface area contributed by atoms with Crippen LogP contribution >= 0.6 is 0 Å². The molecule has 1 unspecified atom stereocenters. The third-order valence-corrected chi connectivity index (χ3v) is 5.16. The zero-order chi connectivity index (χ0) is 18.4. The summed E-state index contributed by atoms with van der Waals surface area (Å²) in [7, 11) is 0. The molecule has 4 nitrogen and oxygen atoms in total. The van der Waals surface area contributed by atoms with Gasteiger partial charge in [0.2, 0.25) is 5.91 Å². The van der Waals surface area contributed by atoms with Gasteiger partial charge in [0, 0.05) is 5.69 Å². The Morgan fingerprint density at radius 2 is 1.77 bits per heavy atom. The molecule has 3 rings (SSSR count). The number of amides is 1. The number of benzene rings is 2. The highest BCUT2D eigenvalue weighted by Gasteiger charge is 2.27. The van der Waals surface area contributed by atoms with E-state index in [-0.39, 0.29) is 11.9 Å². The molecule has 4 heteroatoms. The summed E-state index contributed by atoms with van der Waals surface area (Å²) in [6.07, 6.45) is 2.20. The van der Waals surface area contributed by atoms with Gasteiger partial charge in [0.05, 0.1) is 12.6 Å².